The lowest BCUT2D eigenvalue weighted by Gasteiger charge is -2.28. The summed E-state index contributed by atoms with van der Waals surface area (Å²) in [5.74, 6) is -0.233. The number of carbonyl (C=O) groups is 6. The second-order valence-corrected chi connectivity index (χ2v) is 11.4. The smallest absolute Gasteiger partial charge is 0.408 e. The predicted octanol–water partition coefficient (Wildman–Crippen LogP) is 8.19. The van der Waals surface area contributed by atoms with E-state index in [2.05, 4.69) is 35.9 Å². The summed E-state index contributed by atoms with van der Waals surface area (Å²) in [6.45, 7) is 21.2. The van der Waals surface area contributed by atoms with Crippen molar-refractivity contribution in [3.05, 3.63) is 35.4 Å². The summed E-state index contributed by atoms with van der Waals surface area (Å²) in [4.78, 5) is 65.5. The molecule has 0 saturated heterocycles. The van der Waals surface area contributed by atoms with Crippen molar-refractivity contribution in [3.8, 4) is 0 Å². The summed E-state index contributed by atoms with van der Waals surface area (Å²) < 4.78 is 28.7. The van der Waals surface area contributed by atoms with Gasteiger partial charge in [0.1, 0.15) is 11.2 Å². The minimum Gasteiger partial charge on any atom is -0.471 e. The zero-order chi connectivity index (χ0) is 42.4. The summed E-state index contributed by atoms with van der Waals surface area (Å²) in [5, 5.41) is 8.17. The highest BCUT2D eigenvalue weighted by Gasteiger charge is 2.29. The van der Waals surface area contributed by atoms with Crippen LogP contribution >= 0.6 is 0 Å². The normalized spacial score (nSPS) is 9.78. The summed E-state index contributed by atoms with van der Waals surface area (Å²) >= 11 is 0. The van der Waals surface area contributed by atoms with Gasteiger partial charge in [-0.15, -0.1) is 0 Å². The molecule has 0 saturated carbocycles. The van der Waals surface area contributed by atoms with Crippen LogP contribution in [0.2, 0.25) is 0 Å². The number of nitrogens with one attached hydrogen (secondary N) is 3. The van der Waals surface area contributed by atoms with Gasteiger partial charge in [-0.05, 0) is 84.8 Å². The van der Waals surface area contributed by atoms with E-state index >= 15 is 0 Å². The standard InChI is InChI=1S/C29H47N3O8.C3H7NO2.C2H4O2.2C2H6.4H2/c1-7-38-25(34)30-19-12-9-13-21-32-27(36)40-29(4,5)23-17-15-22(16-18-23)28(2,3)39-26(35)31-20-11-8-10-14-24(33)37-6;1-2-6-3(4)5;1-4-2-3;2*1-2;;;;/h15-18H,7-14,19-21H2,1-6H3,(H,30,34)(H,31,35)(H,32,36);2H2,1H3,(H2,4,5);2H,1H3;2*1-2H3;4*1H. The number of amides is 4. The molecule has 0 aromatic heterocycles. The van der Waals surface area contributed by atoms with Crippen LogP contribution in [-0.4, -0.2) is 83.9 Å². The van der Waals surface area contributed by atoms with Crippen molar-refractivity contribution in [2.45, 2.75) is 125 Å². The van der Waals surface area contributed by atoms with Crippen LogP contribution in [0.3, 0.4) is 0 Å². The molecule has 322 valence electrons. The highest BCUT2D eigenvalue weighted by molar-refractivity contribution is 5.69. The van der Waals surface area contributed by atoms with Crippen molar-refractivity contribution >= 4 is 36.8 Å². The fraction of sp³-hybridized carbons (Fsp3) is 0.684. The zero-order valence-corrected chi connectivity index (χ0v) is 34.8. The van der Waals surface area contributed by atoms with Gasteiger partial charge in [-0.3, -0.25) is 9.59 Å². The van der Waals surface area contributed by atoms with E-state index in [-0.39, 0.29) is 11.7 Å². The molecule has 0 bridgehead atoms. The van der Waals surface area contributed by atoms with E-state index in [0.717, 1.165) is 43.2 Å². The van der Waals surface area contributed by atoms with E-state index in [1.54, 1.807) is 27.7 Å². The van der Waals surface area contributed by atoms with E-state index in [1.165, 1.54) is 14.2 Å². The number of ether oxygens (including phenoxy) is 6. The van der Waals surface area contributed by atoms with Gasteiger partial charge in [0, 0.05) is 31.8 Å². The van der Waals surface area contributed by atoms with Crippen molar-refractivity contribution in [1.82, 2.24) is 16.0 Å². The van der Waals surface area contributed by atoms with Gasteiger partial charge in [0.05, 0.1) is 27.4 Å². The summed E-state index contributed by atoms with van der Waals surface area (Å²) in [5.41, 5.74) is 4.38. The first-order valence-corrected chi connectivity index (χ1v) is 18.5. The molecule has 0 spiro atoms. The molecule has 0 fully saturated rings. The van der Waals surface area contributed by atoms with Crippen LogP contribution in [0.15, 0.2) is 24.3 Å². The monoisotopic (exact) mass is 783 g/mol. The Morgan fingerprint density at radius 2 is 1.00 bits per heavy atom. The van der Waals surface area contributed by atoms with Crippen LogP contribution in [0, 0.1) is 0 Å². The van der Waals surface area contributed by atoms with Crippen molar-refractivity contribution in [2.75, 3.05) is 47.1 Å². The molecule has 0 unspecified atom stereocenters. The number of alkyl carbamates (subject to hydrolysis) is 3. The third kappa shape index (κ3) is 33.1. The minimum atomic E-state index is -0.873. The van der Waals surface area contributed by atoms with E-state index in [4.69, 9.17) is 19.0 Å². The Morgan fingerprint density at radius 1 is 0.648 bits per heavy atom. The first-order chi connectivity index (χ1) is 25.6. The number of hydrogen-bond acceptors (Lipinski definition) is 12. The largest absolute Gasteiger partial charge is 0.471 e. The van der Waals surface area contributed by atoms with Crippen LogP contribution in [0.25, 0.3) is 0 Å². The molecule has 0 aliphatic heterocycles. The Hall–Kier alpha value is -4.76. The molecule has 16 heteroatoms. The molecule has 4 amide bonds. The number of carbonyl (C=O) groups excluding carboxylic acids is 6. The van der Waals surface area contributed by atoms with E-state index in [1.807, 2.05) is 65.8 Å². The van der Waals surface area contributed by atoms with Crippen LogP contribution in [0.5, 0.6) is 0 Å². The fourth-order valence-electron chi connectivity index (χ4n) is 3.92. The van der Waals surface area contributed by atoms with Crippen molar-refractivity contribution in [3.63, 3.8) is 0 Å². The highest BCUT2D eigenvalue weighted by Crippen LogP contribution is 2.29. The predicted molar refractivity (Wildman–Crippen MR) is 216 cm³/mol. The number of nitrogens with two attached hydrogens (primary N) is 1. The molecule has 5 N–H and O–H groups in total. The maximum Gasteiger partial charge on any atom is 0.408 e. The third-order valence-corrected chi connectivity index (χ3v) is 6.58. The second-order valence-electron chi connectivity index (χ2n) is 11.4. The topological polar surface area (TPSA) is 220 Å². The Balaban J connectivity index is -0.000000201. The number of hydrogen-bond donors (Lipinski definition) is 4. The molecule has 0 radical (unpaired) electrons. The Bertz CT molecular complexity index is 1150. The van der Waals surface area contributed by atoms with Crippen LogP contribution in [0.4, 0.5) is 19.2 Å². The summed E-state index contributed by atoms with van der Waals surface area (Å²) in [7, 11) is 2.68. The van der Waals surface area contributed by atoms with Gasteiger partial charge in [-0.1, -0.05) is 58.4 Å². The number of benzene rings is 1. The van der Waals surface area contributed by atoms with Crippen molar-refractivity contribution in [2.24, 2.45) is 5.73 Å². The average molecular weight is 783 g/mol. The molecule has 0 aliphatic carbocycles. The molecule has 1 aromatic rings. The highest BCUT2D eigenvalue weighted by atomic mass is 16.6. The van der Waals surface area contributed by atoms with E-state index < -0.39 is 35.6 Å². The number of methoxy groups -OCH3 is 2. The van der Waals surface area contributed by atoms with Gasteiger partial charge in [-0.2, -0.15) is 0 Å². The molecule has 0 heterocycles. The first kappa shape index (κ1) is 56.0. The number of esters is 1. The fourth-order valence-corrected chi connectivity index (χ4v) is 3.92. The average Bonchev–Trinajstić information content (AvgIpc) is 3.14. The van der Waals surface area contributed by atoms with Crippen molar-refractivity contribution < 1.29 is 62.9 Å². The van der Waals surface area contributed by atoms with Gasteiger partial charge >= 0.3 is 30.3 Å². The number of rotatable bonds is 19. The molecule has 0 atom stereocenters. The molecule has 1 aromatic carbocycles. The zero-order valence-electron chi connectivity index (χ0n) is 34.8. The van der Waals surface area contributed by atoms with Gasteiger partial charge in [0.15, 0.2) is 0 Å². The molecular weight excluding hydrogens is 704 g/mol. The van der Waals surface area contributed by atoms with E-state index in [9.17, 15) is 24.0 Å². The van der Waals surface area contributed by atoms with Crippen LogP contribution in [-0.2, 0) is 49.2 Å². The summed E-state index contributed by atoms with van der Waals surface area (Å²) in [6, 6.07) is 7.40. The number of unbranched alkanes of at least 4 members (excludes halogenated alkanes) is 4. The lowest BCUT2D eigenvalue weighted by Crippen LogP contribution is -2.34. The van der Waals surface area contributed by atoms with Gasteiger partial charge < -0.3 is 50.1 Å². The Labute approximate surface area is 329 Å². The van der Waals surface area contributed by atoms with E-state index in [0.29, 0.717) is 52.2 Å². The molecule has 1 rings (SSSR count). The molecule has 0 aliphatic rings. The van der Waals surface area contributed by atoms with Gasteiger partial charge in [0.2, 0.25) is 0 Å². The SMILES string of the molecule is CC.CC.CCOC(=O)NCCCCCNC(=O)OC(C)(C)c1ccc(C(C)(C)OC(=O)NCCCCCC(=O)OC)cc1.CCOC(N)=O.COC=O.[HH].[HH].[HH].[HH]. The third-order valence-electron chi connectivity index (χ3n) is 6.58. The van der Waals surface area contributed by atoms with Crippen molar-refractivity contribution in [1.29, 1.82) is 0 Å². The lowest BCUT2D eigenvalue weighted by atomic mass is 9.92. The van der Waals surface area contributed by atoms with Gasteiger partial charge in [0.25, 0.3) is 6.47 Å². The second kappa shape index (κ2) is 36.6. The molecule has 16 nitrogen and oxygen atoms in total. The van der Waals surface area contributed by atoms with Crippen LogP contribution < -0.4 is 21.7 Å². The first-order valence-electron chi connectivity index (χ1n) is 18.5. The lowest BCUT2D eigenvalue weighted by molar-refractivity contribution is -0.140. The maximum absolute atomic E-state index is 12.3. The minimum absolute atomic E-state index is 0. The quantitative estimate of drug-likeness (QED) is 0.0452. The maximum atomic E-state index is 12.3. The Morgan fingerprint density at radius 3 is 1.30 bits per heavy atom. The van der Waals surface area contributed by atoms with Gasteiger partial charge in [-0.25, -0.2) is 19.2 Å². The molecular formula is C38H78N4O12. The molecule has 54 heavy (non-hydrogen) atoms. The Kier molecular flexibility index (Phi) is 37.9. The van der Waals surface area contributed by atoms with Crippen LogP contribution in [0.1, 0.15) is 131 Å². The number of primary amides is 1. The summed E-state index contributed by atoms with van der Waals surface area (Å²) in [6.07, 6.45) is 2.84.